The van der Waals surface area contributed by atoms with Gasteiger partial charge in [-0.05, 0) is 66.9 Å². The summed E-state index contributed by atoms with van der Waals surface area (Å²) in [6.45, 7) is 1.63. The third-order valence-electron chi connectivity index (χ3n) is 7.71. The fourth-order valence-electron chi connectivity index (χ4n) is 5.79. The van der Waals surface area contributed by atoms with Gasteiger partial charge in [-0.25, -0.2) is 13.1 Å². The quantitative estimate of drug-likeness (QED) is 0.212. The van der Waals surface area contributed by atoms with E-state index in [1.54, 1.807) is 24.3 Å². The summed E-state index contributed by atoms with van der Waals surface area (Å²) in [6, 6.07) is 6.13. The van der Waals surface area contributed by atoms with Crippen LogP contribution in [-0.2, 0) is 19.6 Å². The number of nitrogens with one attached hydrogen (secondary N) is 2. The molecule has 40 heavy (non-hydrogen) atoms. The number of methoxy groups -OCH3 is 2. The molecule has 1 fully saturated rings. The summed E-state index contributed by atoms with van der Waals surface area (Å²) < 4.78 is 56.9. The Morgan fingerprint density at radius 2 is 1.68 bits per heavy atom. The zero-order valence-electron chi connectivity index (χ0n) is 22.5. The number of esters is 1. The lowest BCUT2D eigenvalue weighted by atomic mass is 9.65. The summed E-state index contributed by atoms with van der Waals surface area (Å²) in [5.41, 5.74) is 7.51. The highest BCUT2D eigenvalue weighted by Crippen LogP contribution is 2.55. The van der Waals surface area contributed by atoms with E-state index in [-0.39, 0.29) is 42.9 Å². The number of hydrogen-bond acceptors (Lipinski definition) is 11. The van der Waals surface area contributed by atoms with Crippen molar-refractivity contribution >= 4 is 16.0 Å². The molecule has 5 rings (SSSR count). The van der Waals surface area contributed by atoms with Crippen molar-refractivity contribution in [2.45, 2.75) is 24.8 Å². The number of aromatic hydroxyl groups is 1. The van der Waals surface area contributed by atoms with E-state index in [1.807, 2.05) is 0 Å². The van der Waals surface area contributed by atoms with Crippen LogP contribution in [0.5, 0.6) is 28.7 Å². The van der Waals surface area contributed by atoms with Crippen molar-refractivity contribution < 1.29 is 42.0 Å². The molecular weight excluding hydrogens is 542 g/mol. The number of benzene rings is 2. The average Bonchev–Trinajstić information content (AvgIpc) is 3.56. The van der Waals surface area contributed by atoms with Crippen LogP contribution in [0, 0.1) is 11.8 Å². The first-order valence-electron chi connectivity index (χ1n) is 13.2. The summed E-state index contributed by atoms with van der Waals surface area (Å²) in [5.74, 6) is -1.15. The van der Waals surface area contributed by atoms with Crippen molar-refractivity contribution in [3.63, 3.8) is 0 Å². The summed E-state index contributed by atoms with van der Waals surface area (Å²) in [6.07, 6.45) is 1.73. The molecule has 2 heterocycles. The molecule has 0 spiro atoms. The highest BCUT2D eigenvalue weighted by molar-refractivity contribution is 7.89. The molecule has 2 unspecified atom stereocenters. The molecule has 0 saturated carbocycles. The predicted molar refractivity (Wildman–Crippen MR) is 144 cm³/mol. The predicted octanol–water partition coefficient (Wildman–Crippen LogP) is 1.36. The van der Waals surface area contributed by atoms with Crippen LogP contribution in [0.1, 0.15) is 41.5 Å². The molecule has 0 aromatic heterocycles. The summed E-state index contributed by atoms with van der Waals surface area (Å²) in [7, 11) is -0.893. The molecule has 2 aromatic carbocycles. The normalized spacial score (nSPS) is 22.9. The number of carbonyl (C=O) groups excluding carboxylic acids is 1. The van der Waals surface area contributed by atoms with Crippen LogP contribution in [0.15, 0.2) is 24.3 Å². The number of sulfonamides is 1. The van der Waals surface area contributed by atoms with E-state index in [0.717, 1.165) is 12.8 Å². The molecule has 2 aliphatic heterocycles. The van der Waals surface area contributed by atoms with Gasteiger partial charge in [0, 0.05) is 18.4 Å². The van der Waals surface area contributed by atoms with Crippen LogP contribution in [0.3, 0.4) is 0 Å². The van der Waals surface area contributed by atoms with Crippen molar-refractivity contribution in [2.75, 3.05) is 53.0 Å². The topological polar surface area (TPSA) is 168 Å². The van der Waals surface area contributed by atoms with Gasteiger partial charge in [0.05, 0.1) is 38.5 Å². The van der Waals surface area contributed by atoms with E-state index < -0.39 is 39.8 Å². The standard InChI is InChI=1S/C27H35N3O9S/c1-35-21-9-15(10-22(36-2)26(21)31)23-16-11-19-20(39-14-38-19)12-17(16)25(18-13-37-27(32)24(18)23)30-40(33,34)8-7-29-6-4-3-5-28/h9-12,18,23-25,29-31H,3-8,13-14,28H2,1-2H3/t18-,23?,24?,25+/m0/s1. The van der Waals surface area contributed by atoms with Crippen LogP contribution >= 0.6 is 0 Å². The maximum atomic E-state index is 13.2. The van der Waals surface area contributed by atoms with Gasteiger partial charge < -0.3 is 39.8 Å². The molecule has 1 aliphatic carbocycles. The van der Waals surface area contributed by atoms with Gasteiger partial charge in [-0.2, -0.15) is 0 Å². The maximum Gasteiger partial charge on any atom is 0.310 e. The third-order valence-corrected chi connectivity index (χ3v) is 9.06. The number of phenols is 1. The lowest BCUT2D eigenvalue weighted by Gasteiger charge is -2.39. The van der Waals surface area contributed by atoms with E-state index in [1.165, 1.54) is 14.2 Å². The maximum absolute atomic E-state index is 13.2. The van der Waals surface area contributed by atoms with E-state index in [2.05, 4.69) is 10.0 Å². The Morgan fingerprint density at radius 1 is 1.00 bits per heavy atom. The number of ether oxygens (including phenoxy) is 5. The smallest absolute Gasteiger partial charge is 0.310 e. The minimum Gasteiger partial charge on any atom is -0.502 e. The zero-order valence-corrected chi connectivity index (χ0v) is 23.3. The Labute approximate surface area is 233 Å². The van der Waals surface area contributed by atoms with Gasteiger partial charge in [-0.1, -0.05) is 0 Å². The highest BCUT2D eigenvalue weighted by Gasteiger charge is 2.53. The molecule has 5 N–H and O–H groups in total. The van der Waals surface area contributed by atoms with Crippen LogP contribution in [0.25, 0.3) is 0 Å². The lowest BCUT2D eigenvalue weighted by Crippen LogP contribution is -2.44. The minimum atomic E-state index is -3.75. The van der Waals surface area contributed by atoms with Crippen molar-refractivity contribution in [3.05, 3.63) is 41.0 Å². The highest BCUT2D eigenvalue weighted by atomic mass is 32.2. The Morgan fingerprint density at radius 3 is 2.33 bits per heavy atom. The second-order valence-corrected chi connectivity index (χ2v) is 11.9. The molecule has 3 aliphatic rings. The molecule has 4 atom stereocenters. The molecule has 0 radical (unpaired) electrons. The fourth-order valence-corrected chi connectivity index (χ4v) is 7.00. The monoisotopic (exact) mass is 577 g/mol. The third kappa shape index (κ3) is 5.38. The Hall–Kier alpha value is -3.26. The van der Waals surface area contributed by atoms with Crippen molar-refractivity contribution in [2.24, 2.45) is 17.6 Å². The van der Waals surface area contributed by atoms with Gasteiger partial charge in [0.1, 0.15) is 0 Å². The Kier molecular flexibility index (Phi) is 8.26. The van der Waals surface area contributed by atoms with Crippen LogP contribution in [-0.4, -0.2) is 72.5 Å². The number of hydrogen-bond donors (Lipinski definition) is 4. The number of cyclic esters (lactones) is 1. The molecule has 0 amide bonds. The van der Waals surface area contributed by atoms with E-state index in [4.69, 9.17) is 29.4 Å². The summed E-state index contributed by atoms with van der Waals surface area (Å²) >= 11 is 0. The molecular formula is C27H35N3O9S. The molecule has 0 bridgehead atoms. The summed E-state index contributed by atoms with van der Waals surface area (Å²) in [4.78, 5) is 13.2. The van der Waals surface area contributed by atoms with Gasteiger partial charge in [0.25, 0.3) is 0 Å². The second kappa shape index (κ2) is 11.7. The van der Waals surface area contributed by atoms with E-state index in [0.29, 0.717) is 41.3 Å². The first-order chi connectivity index (χ1) is 19.3. The molecule has 2 aromatic rings. The lowest BCUT2D eigenvalue weighted by molar-refractivity contribution is -0.141. The fraction of sp³-hybridized carbons (Fsp3) is 0.519. The van der Waals surface area contributed by atoms with Crippen LogP contribution in [0.4, 0.5) is 0 Å². The number of carbonyl (C=O) groups is 1. The Balaban J connectivity index is 1.54. The SMILES string of the molecule is COc1cc(C2c3cc4c(cc3[C@@H](NS(=O)(=O)CCNCCCCN)[C@H]3COC(=O)C23)OCO4)cc(OC)c1O. The summed E-state index contributed by atoms with van der Waals surface area (Å²) in [5, 5.41) is 13.6. The number of rotatable bonds is 12. The van der Waals surface area contributed by atoms with Crippen molar-refractivity contribution in [1.82, 2.24) is 10.0 Å². The second-order valence-electron chi connectivity index (χ2n) is 10.1. The van der Waals surface area contributed by atoms with E-state index >= 15 is 0 Å². The van der Waals surface area contributed by atoms with Gasteiger partial charge in [0.15, 0.2) is 23.0 Å². The first kappa shape index (κ1) is 28.3. The first-order valence-corrected chi connectivity index (χ1v) is 14.9. The van der Waals surface area contributed by atoms with Crippen LogP contribution < -0.4 is 34.7 Å². The van der Waals surface area contributed by atoms with Gasteiger partial charge in [0.2, 0.25) is 22.6 Å². The number of fused-ring (bicyclic) bond motifs is 3. The van der Waals surface area contributed by atoms with Gasteiger partial charge >= 0.3 is 5.97 Å². The number of unbranched alkanes of at least 4 members (excludes halogenated alkanes) is 1. The number of phenolic OH excluding ortho intramolecular Hbond substituents is 1. The average molecular weight is 578 g/mol. The molecule has 13 heteroatoms. The van der Waals surface area contributed by atoms with E-state index in [9.17, 15) is 18.3 Å². The van der Waals surface area contributed by atoms with Crippen molar-refractivity contribution in [3.8, 4) is 28.7 Å². The molecule has 12 nitrogen and oxygen atoms in total. The zero-order chi connectivity index (χ0) is 28.4. The van der Waals surface area contributed by atoms with Crippen LogP contribution in [0.2, 0.25) is 0 Å². The largest absolute Gasteiger partial charge is 0.502 e. The minimum absolute atomic E-state index is 0.0326. The molecule has 1 saturated heterocycles. The Bertz CT molecular complexity index is 1340. The molecule has 218 valence electrons. The number of nitrogens with two attached hydrogens (primary N) is 1. The van der Waals surface area contributed by atoms with Gasteiger partial charge in [-0.15, -0.1) is 0 Å². The van der Waals surface area contributed by atoms with Gasteiger partial charge in [-0.3, -0.25) is 4.79 Å². The van der Waals surface area contributed by atoms with Crippen molar-refractivity contribution in [1.29, 1.82) is 0 Å².